The Kier molecular flexibility index (Phi) is 6.26. The molecule has 1 aromatic carbocycles. The summed E-state index contributed by atoms with van der Waals surface area (Å²) in [6, 6.07) is 10.0. The molecule has 2 amide bonds. The van der Waals surface area contributed by atoms with Gasteiger partial charge >= 0.3 is 0 Å². The second-order valence-electron chi connectivity index (χ2n) is 6.78. The van der Waals surface area contributed by atoms with Gasteiger partial charge in [0.1, 0.15) is 0 Å². The number of furan rings is 1. The average Bonchev–Trinajstić information content (AvgIpc) is 3.16. The van der Waals surface area contributed by atoms with Gasteiger partial charge < -0.3 is 19.8 Å². The number of anilines is 1. The van der Waals surface area contributed by atoms with Crippen LogP contribution >= 0.6 is 0 Å². The Hall–Kier alpha value is -2.64. The highest BCUT2D eigenvalue weighted by atomic mass is 16.5. The third-order valence-corrected chi connectivity index (χ3v) is 4.36. The molecule has 2 N–H and O–H groups in total. The van der Waals surface area contributed by atoms with Gasteiger partial charge in [-0.2, -0.15) is 0 Å². The first-order valence-electron chi connectivity index (χ1n) is 9.12. The molecule has 1 aliphatic heterocycles. The molecule has 2 unspecified atom stereocenters. The minimum absolute atomic E-state index is 0.131. The van der Waals surface area contributed by atoms with Crippen molar-refractivity contribution in [2.75, 3.05) is 31.5 Å². The van der Waals surface area contributed by atoms with Gasteiger partial charge in [-0.25, -0.2) is 0 Å². The molecule has 0 aliphatic carbocycles. The molecule has 0 spiro atoms. The largest absolute Gasteiger partial charge is 0.459 e. The Labute approximate surface area is 158 Å². The molecular formula is C20H25N3O4. The monoisotopic (exact) mass is 371 g/mol. The molecule has 1 aliphatic rings. The number of hydrogen-bond acceptors (Lipinski definition) is 5. The maximum atomic E-state index is 12.3. The molecule has 0 saturated carbocycles. The summed E-state index contributed by atoms with van der Waals surface area (Å²) in [5, 5.41) is 5.66. The van der Waals surface area contributed by atoms with E-state index in [0.29, 0.717) is 17.8 Å². The lowest BCUT2D eigenvalue weighted by Crippen LogP contribution is -2.47. The van der Waals surface area contributed by atoms with Crippen molar-refractivity contribution in [1.29, 1.82) is 0 Å². The lowest BCUT2D eigenvalue weighted by Gasteiger charge is -2.35. The molecule has 27 heavy (non-hydrogen) atoms. The van der Waals surface area contributed by atoms with Crippen LogP contribution in [0.2, 0.25) is 0 Å². The van der Waals surface area contributed by atoms with E-state index in [4.69, 9.17) is 9.15 Å². The van der Waals surface area contributed by atoms with Crippen LogP contribution in [-0.2, 0) is 4.74 Å². The Morgan fingerprint density at radius 2 is 1.78 bits per heavy atom. The summed E-state index contributed by atoms with van der Waals surface area (Å²) in [4.78, 5) is 26.5. The summed E-state index contributed by atoms with van der Waals surface area (Å²) in [5.41, 5.74) is 1.15. The van der Waals surface area contributed by atoms with Crippen LogP contribution in [0.15, 0.2) is 47.1 Å². The fraction of sp³-hybridized carbons (Fsp3) is 0.400. The van der Waals surface area contributed by atoms with E-state index in [-0.39, 0.29) is 29.8 Å². The number of nitrogens with zero attached hydrogens (tertiary/aromatic N) is 1. The van der Waals surface area contributed by atoms with E-state index < -0.39 is 0 Å². The zero-order chi connectivity index (χ0) is 19.2. The zero-order valence-corrected chi connectivity index (χ0v) is 15.6. The fourth-order valence-corrected chi connectivity index (χ4v) is 3.20. The SMILES string of the molecule is CC1CN(CCNC(=O)c2ccc(NC(=O)c3ccco3)cc2)CC(C)O1. The second-order valence-corrected chi connectivity index (χ2v) is 6.78. The maximum Gasteiger partial charge on any atom is 0.291 e. The summed E-state index contributed by atoms with van der Waals surface area (Å²) in [5.74, 6) is -0.219. The van der Waals surface area contributed by atoms with Crippen LogP contribution in [0.4, 0.5) is 5.69 Å². The predicted octanol–water partition coefficient (Wildman–Crippen LogP) is 2.37. The average molecular weight is 371 g/mol. The number of carbonyl (C=O) groups is 2. The van der Waals surface area contributed by atoms with Crippen LogP contribution in [-0.4, -0.2) is 55.1 Å². The molecule has 0 radical (unpaired) electrons. The molecule has 2 heterocycles. The standard InChI is InChI=1S/C20H25N3O4/c1-14-12-23(13-15(2)27-14)10-9-21-19(24)16-5-7-17(8-6-16)22-20(25)18-4-3-11-26-18/h3-8,11,14-15H,9-10,12-13H2,1-2H3,(H,21,24)(H,22,25). The molecule has 0 bridgehead atoms. The minimum Gasteiger partial charge on any atom is -0.459 e. The van der Waals surface area contributed by atoms with Crippen molar-refractivity contribution in [2.24, 2.45) is 0 Å². The van der Waals surface area contributed by atoms with E-state index in [9.17, 15) is 9.59 Å². The van der Waals surface area contributed by atoms with Crippen molar-refractivity contribution < 1.29 is 18.7 Å². The molecule has 144 valence electrons. The van der Waals surface area contributed by atoms with Gasteiger partial charge in [0.2, 0.25) is 0 Å². The number of benzene rings is 1. The number of nitrogens with one attached hydrogen (secondary N) is 2. The van der Waals surface area contributed by atoms with Gasteiger partial charge in [0.05, 0.1) is 18.5 Å². The van der Waals surface area contributed by atoms with Gasteiger partial charge in [0, 0.05) is 37.4 Å². The lowest BCUT2D eigenvalue weighted by molar-refractivity contribution is -0.0672. The normalized spacial score (nSPS) is 20.2. The van der Waals surface area contributed by atoms with Gasteiger partial charge in [0.25, 0.3) is 11.8 Å². The quantitative estimate of drug-likeness (QED) is 0.814. The number of rotatable bonds is 6. The Bertz CT molecular complexity index is 748. The van der Waals surface area contributed by atoms with Crippen LogP contribution in [0, 0.1) is 0 Å². The Morgan fingerprint density at radius 3 is 2.41 bits per heavy atom. The molecule has 1 fully saturated rings. The van der Waals surface area contributed by atoms with Gasteiger partial charge in [-0.1, -0.05) is 0 Å². The van der Waals surface area contributed by atoms with Crippen molar-refractivity contribution in [2.45, 2.75) is 26.1 Å². The summed E-state index contributed by atoms with van der Waals surface area (Å²) in [7, 11) is 0. The van der Waals surface area contributed by atoms with Gasteiger partial charge in [0.15, 0.2) is 5.76 Å². The third kappa shape index (κ3) is 5.42. The van der Waals surface area contributed by atoms with Crippen molar-refractivity contribution >= 4 is 17.5 Å². The lowest BCUT2D eigenvalue weighted by atomic mass is 10.2. The molecule has 3 rings (SSSR count). The summed E-state index contributed by atoms with van der Waals surface area (Å²) in [6.07, 6.45) is 1.88. The first-order chi connectivity index (χ1) is 13.0. The number of carbonyl (C=O) groups excluding carboxylic acids is 2. The van der Waals surface area contributed by atoms with Crippen LogP contribution in [0.5, 0.6) is 0 Å². The van der Waals surface area contributed by atoms with E-state index in [2.05, 4.69) is 29.4 Å². The summed E-state index contributed by atoms with van der Waals surface area (Å²) < 4.78 is 10.8. The van der Waals surface area contributed by atoms with E-state index >= 15 is 0 Å². The predicted molar refractivity (Wildman–Crippen MR) is 102 cm³/mol. The highest BCUT2D eigenvalue weighted by Crippen LogP contribution is 2.12. The Balaban J connectivity index is 1.45. The van der Waals surface area contributed by atoms with Crippen LogP contribution in [0.3, 0.4) is 0 Å². The van der Waals surface area contributed by atoms with E-state index in [0.717, 1.165) is 19.6 Å². The molecule has 2 atom stereocenters. The molecule has 7 heteroatoms. The maximum absolute atomic E-state index is 12.3. The van der Waals surface area contributed by atoms with E-state index in [1.165, 1.54) is 6.26 Å². The second kappa shape index (κ2) is 8.83. The molecule has 1 aromatic heterocycles. The molecule has 2 aromatic rings. The zero-order valence-electron chi connectivity index (χ0n) is 15.6. The number of amides is 2. The fourth-order valence-electron chi connectivity index (χ4n) is 3.20. The Morgan fingerprint density at radius 1 is 1.07 bits per heavy atom. The van der Waals surface area contributed by atoms with Crippen molar-refractivity contribution in [3.8, 4) is 0 Å². The van der Waals surface area contributed by atoms with Crippen LogP contribution < -0.4 is 10.6 Å². The van der Waals surface area contributed by atoms with Gasteiger partial charge in [-0.05, 0) is 50.2 Å². The van der Waals surface area contributed by atoms with Crippen molar-refractivity contribution in [3.63, 3.8) is 0 Å². The number of hydrogen-bond donors (Lipinski definition) is 2. The van der Waals surface area contributed by atoms with Crippen molar-refractivity contribution in [3.05, 3.63) is 54.0 Å². The highest BCUT2D eigenvalue weighted by Gasteiger charge is 2.21. The van der Waals surface area contributed by atoms with E-state index in [1.54, 1.807) is 36.4 Å². The van der Waals surface area contributed by atoms with Gasteiger partial charge in [-0.15, -0.1) is 0 Å². The van der Waals surface area contributed by atoms with E-state index in [1.807, 2.05) is 0 Å². The van der Waals surface area contributed by atoms with Gasteiger partial charge in [-0.3, -0.25) is 14.5 Å². The van der Waals surface area contributed by atoms with Crippen LogP contribution in [0.25, 0.3) is 0 Å². The van der Waals surface area contributed by atoms with Crippen LogP contribution in [0.1, 0.15) is 34.8 Å². The first kappa shape index (κ1) is 19.1. The summed E-state index contributed by atoms with van der Waals surface area (Å²) >= 11 is 0. The minimum atomic E-state index is -0.328. The third-order valence-electron chi connectivity index (χ3n) is 4.36. The molecular weight excluding hydrogens is 346 g/mol. The number of morpholine rings is 1. The summed E-state index contributed by atoms with van der Waals surface area (Å²) in [6.45, 7) is 7.26. The molecule has 7 nitrogen and oxygen atoms in total. The first-order valence-corrected chi connectivity index (χ1v) is 9.12. The smallest absolute Gasteiger partial charge is 0.291 e. The molecule has 1 saturated heterocycles. The number of ether oxygens (including phenoxy) is 1. The topological polar surface area (TPSA) is 83.8 Å². The van der Waals surface area contributed by atoms with Crippen molar-refractivity contribution in [1.82, 2.24) is 10.2 Å². The highest BCUT2D eigenvalue weighted by molar-refractivity contribution is 6.02.